The highest BCUT2D eigenvalue weighted by Gasteiger charge is 2.10. The lowest BCUT2D eigenvalue weighted by Gasteiger charge is -2.03. The minimum Gasteiger partial charge on any atom is -0.300 e. The number of benzene rings is 1. The van der Waals surface area contributed by atoms with E-state index in [0.717, 1.165) is 0 Å². The normalized spacial score (nSPS) is 10.3. The number of rotatable bonds is 3. The van der Waals surface area contributed by atoms with Crippen molar-refractivity contribution in [2.45, 2.75) is 19.8 Å². The van der Waals surface area contributed by atoms with Gasteiger partial charge < -0.3 is 4.79 Å². The number of ketones is 1. The van der Waals surface area contributed by atoms with Crippen molar-refractivity contribution in [2.75, 3.05) is 0 Å². The Kier molecular flexibility index (Phi) is 3.75. The molecule has 1 rings (SSSR count). The first-order valence-electron chi connectivity index (χ1n) is 4.13. The van der Waals surface area contributed by atoms with Crippen molar-refractivity contribution in [1.29, 1.82) is 0 Å². The Bertz CT molecular complexity index is 340. The number of Topliss-reactive ketones (excluding diaryl/α,β-unsaturated/α-hetero) is 1. The Morgan fingerprint density at radius 1 is 1.36 bits per heavy atom. The summed E-state index contributed by atoms with van der Waals surface area (Å²) in [4.78, 5) is 10.7. The monoisotopic (exact) mass is 262 g/mol. The van der Waals surface area contributed by atoms with E-state index in [1.807, 2.05) is 0 Å². The third-order valence-corrected chi connectivity index (χ3v) is 2.29. The highest BCUT2D eigenvalue weighted by atomic mass is 79.9. The highest BCUT2D eigenvalue weighted by molar-refractivity contribution is 9.10. The van der Waals surface area contributed by atoms with Gasteiger partial charge in [-0.25, -0.2) is 8.78 Å². The zero-order valence-corrected chi connectivity index (χ0v) is 9.20. The number of halogens is 3. The van der Waals surface area contributed by atoms with Gasteiger partial charge in [0.1, 0.15) is 17.4 Å². The second-order valence-electron chi connectivity index (χ2n) is 3.05. The van der Waals surface area contributed by atoms with Crippen LogP contribution in [0.4, 0.5) is 8.78 Å². The lowest BCUT2D eigenvalue weighted by molar-refractivity contribution is -0.116. The van der Waals surface area contributed by atoms with Gasteiger partial charge in [0.25, 0.3) is 0 Å². The molecule has 76 valence electrons. The average Bonchev–Trinajstić information content (AvgIpc) is 2.01. The molecule has 0 amide bonds. The van der Waals surface area contributed by atoms with Gasteiger partial charge in [0, 0.05) is 16.5 Å². The van der Waals surface area contributed by atoms with E-state index in [4.69, 9.17) is 0 Å². The molecular formula is C10H9BrF2O. The lowest BCUT2D eigenvalue weighted by atomic mass is 10.1. The van der Waals surface area contributed by atoms with Crippen LogP contribution in [0.2, 0.25) is 0 Å². The Morgan fingerprint density at radius 3 is 2.29 bits per heavy atom. The quantitative estimate of drug-likeness (QED) is 0.818. The Morgan fingerprint density at radius 2 is 1.86 bits per heavy atom. The Labute approximate surface area is 89.3 Å². The van der Waals surface area contributed by atoms with Crippen LogP contribution in [0.3, 0.4) is 0 Å². The second kappa shape index (κ2) is 4.64. The van der Waals surface area contributed by atoms with Crippen molar-refractivity contribution in [3.63, 3.8) is 0 Å². The van der Waals surface area contributed by atoms with Crippen LogP contribution in [0.15, 0.2) is 16.6 Å². The van der Waals surface area contributed by atoms with E-state index in [1.165, 1.54) is 19.1 Å². The summed E-state index contributed by atoms with van der Waals surface area (Å²) in [5, 5.41) is 0. The molecule has 1 nitrogen and oxygen atoms in total. The molecule has 1 aromatic carbocycles. The molecule has 0 N–H and O–H groups in total. The molecule has 0 saturated heterocycles. The molecule has 0 atom stereocenters. The predicted octanol–water partition coefficient (Wildman–Crippen LogP) is 3.25. The van der Waals surface area contributed by atoms with Crippen LogP contribution in [-0.4, -0.2) is 5.78 Å². The minimum atomic E-state index is -0.613. The van der Waals surface area contributed by atoms with Crippen LogP contribution in [0.1, 0.15) is 18.9 Å². The lowest BCUT2D eigenvalue weighted by Crippen LogP contribution is -2.00. The smallest absolute Gasteiger partial charge is 0.130 e. The topological polar surface area (TPSA) is 17.1 Å². The van der Waals surface area contributed by atoms with Crippen LogP contribution in [-0.2, 0) is 11.2 Å². The number of carbonyl (C=O) groups is 1. The van der Waals surface area contributed by atoms with E-state index in [-0.39, 0.29) is 24.2 Å². The minimum absolute atomic E-state index is 0.0246. The van der Waals surface area contributed by atoms with E-state index in [9.17, 15) is 13.6 Å². The zero-order chi connectivity index (χ0) is 10.7. The van der Waals surface area contributed by atoms with E-state index < -0.39 is 11.6 Å². The van der Waals surface area contributed by atoms with Crippen molar-refractivity contribution in [3.8, 4) is 0 Å². The summed E-state index contributed by atoms with van der Waals surface area (Å²) in [5.41, 5.74) is -0.0246. The van der Waals surface area contributed by atoms with Crippen molar-refractivity contribution in [3.05, 3.63) is 33.8 Å². The first-order valence-corrected chi connectivity index (χ1v) is 4.93. The molecule has 0 fully saturated rings. The molecule has 0 aliphatic carbocycles. The van der Waals surface area contributed by atoms with Crippen molar-refractivity contribution in [1.82, 2.24) is 0 Å². The van der Waals surface area contributed by atoms with Gasteiger partial charge in [-0.1, -0.05) is 15.9 Å². The number of carbonyl (C=O) groups excluding carboxylic acids is 1. The van der Waals surface area contributed by atoms with Crippen molar-refractivity contribution >= 4 is 21.7 Å². The van der Waals surface area contributed by atoms with Crippen LogP contribution in [0, 0.1) is 11.6 Å². The van der Waals surface area contributed by atoms with Gasteiger partial charge in [-0.15, -0.1) is 0 Å². The average molecular weight is 263 g/mol. The summed E-state index contributed by atoms with van der Waals surface area (Å²) in [5.74, 6) is -1.30. The largest absolute Gasteiger partial charge is 0.300 e. The van der Waals surface area contributed by atoms with Crippen molar-refractivity contribution < 1.29 is 13.6 Å². The molecule has 0 spiro atoms. The standard InChI is InChI=1S/C10H9BrF2O/c1-6(14)2-3-8-9(12)4-7(11)5-10(8)13/h4-5H,2-3H2,1H3. The second-order valence-corrected chi connectivity index (χ2v) is 3.97. The molecule has 0 aliphatic heterocycles. The fourth-order valence-electron chi connectivity index (χ4n) is 1.11. The molecular weight excluding hydrogens is 254 g/mol. The first kappa shape index (κ1) is 11.3. The van der Waals surface area contributed by atoms with Gasteiger partial charge in [-0.3, -0.25) is 0 Å². The summed E-state index contributed by atoms with van der Waals surface area (Å²) < 4.78 is 26.7. The molecule has 0 saturated carbocycles. The molecule has 0 radical (unpaired) electrons. The number of hydrogen-bond donors (Lipinski definition) is 0. The molecule has 14 heavy (non-hydrogen) atoms. The van der Waals surface area contributed by atoms with Crippen LogP contribution >= 0.6 is 15.9 Å². The third kappa shape index (κ3) is 2.87. The first-order chi connectivity index (χ1) is 6.50. The van der Waals surface area contributed by atoms with Gasteiger partial charge in [0.15, 0.2) is 0 Å². The summed E-state index contributed by atoms with van der Waals surface area (Å²) >= 11 is 2.98. The van der Waals surface area contributed by atoms with Crippen LogP contribution in [0.5, 0.6) is 0 Å². The summed E-state index contributed by atoms with van der Waals surface area (Å²) in [6, 6.07) is 2.39. The predicted molar refractivity (Wildman–Crippen MR) is 53.1 cm³/mol. The molecule has 0 heterocycles. The maximum atomic E-state index is 13.2. The van der Waals surface area contributed by atoms with E-state index in [2.05, 4.69) is 15.9 Å². The fourth-order valence-corrected chi connectivity index (χ4v) is 1.51. The summed E-state index contributed by atoms with van der Waals surface area (Å²) in [7, 11) is 0. The molecule has 0 aromatic heterocycles. The summed E-state index contributed by atoms with van der Waals surface area (Å²) in [6.07, 6.45) is 0.274. The number of hydrogen-bond acceptors (Lipinski definition) is 1. The van der Waals surface area contributed by atoms with Crippen molar-refractivity contribution in [2.24, 2.45) is 0 Å². The molecule has 1 aromatic rings. The van der Waals surface area contributed by atoms with Gasteiger partial charge in [-0.2, -0.15) is 0 Å². The van der Waals surface area contributed by atoms with Crippen LogP contribution < -0.4 is 0 Å². The zero-order valence-electron chi connectivity index (χ0n) is 7.61. The fraction of sp³-hybridized carbons (Fsp3) is 0.300. The summed E-state index contributed by atoms with van der Waals surface area (Å²) in [6.45, 7) is 1.40. The molecule has 0 unspecified atom stereocenters. The Balaban J connectivity index is 2.91. The van der Waals surface area contributed by atoms with Crippen LogP contribution in [0.25, 0.3) is 0 Å². The SMILES string of the molecule is CC(=O)CCc1c(F)cc(Br)cc1F. The Hall–Kier alpha value is -0.770. The van der Waals surface area contributed by atoms with Gasteiger partial charge >= 0.3 is 0 Å². The maximum Gasteiger partial charge on any atom is 0.130 e. The third-order valence-electron chi connectivity index (χ3n) is 1.83. The molecule has 0 bridgehead atoms. The van der Waals surface area contributed by atoms with Gasteiger partial charge in [0.05, 0.1) is 0 Å². The van der Waals surface area contributed by atoms with Gasteiger partial charge in [0.2, 0.25) is 0 Å². The highest BCUT2D eigenvalue weighted by Crippen LogP contribution is 2.20. The molecule has 4 heteroatoms. The van der Waals surface area contributed by atoms with Gasteiger partial charge in [-0.05, 0) is 25.5 Å². The van der Waals surface area contributed by atoms with E-state index in [0.29, 0.717) is 4.47 Å². The molecule has 0 aliphatic rings. The maximum absolute atomic E-state index is 13.2. The van der Waals surface area contributed by atoms with E-state index in [1.54, 1.807) is 0 Å². The van der Waals surface area contributed by atoms with E-state index >= 15 is 0 Å².